The van der Waals surface area contributed by atoms with Gasteiger partial charge in [0.05, 0.1) is 10.7 Å². The molecule has 1 saturated heterocycles. The van der Waals surface area contributed by atoms with Crippen LogP contribution in [0.2, 0.25) is 5.02 Å². The van der Waals surface area contributed by atoms with Crippen molar-refractivity contribution in [1.82, 2.24) is 5.32 Å². The quantitative estimate of drug-likeness (QED) is 0.430. The molecule has 1 aliphatic rings. The van der Waals surface area contributed by atoms with Crippen LogP contribution in [0.4, 0.5) is 5.69 Å². The molecule has 1 fully saturated rings. The normalized spacial score (nSPS) is 15.4. The number of thiocarbonyl (C=S) groups is 1. The molecule has 2 N–H and O–H groups in total. The largest absolute Gasteiger partial charge is 0.480 e. The smallest absolute Gasteiger partial charge is 0.341 e. The standard InChI is InChI=1S/C20H15ClN2O5S/c1-11-4-2-3-5-15(11)23-19(27)13(18(26)22-20(23)29)8-12-6-7-16(14(21)9-12)28-10-17(24)25/h2-9H,10H2,1H3,(H,24,25)(H,22,26,29)/b13-8+. The number of aliphatic carboxylic acids is 1. The number of amides is 2. The van der Waals surface area contributed by atoms with Crippen molar-refractivity contribution in [2.45, 2.75) is 6.92 Å². The first kappa shape index (κ1) is 20.5. The molecule has 7 nitrogen and oxygen atoms in total. The van der Waals surface area contributed by atoms with Gasteiger partial charge in [0, 0.05) is 0 Å². The molecule has 1 aliphatic heterocycles. The fourth-order valence-corrected chi connectivity index (χ4v) is 3.24. The first-order valence-corrected chi connectivity index (χ1v) is 9.18. The average molecular weight is 431 g/mol. The van der Waals surface area contributed by atoms with E-state index in [4.69, 9.17) is 33.7 Å². The van der Waals surface area contributed by atoms with Crippen molar-refractivity contribution in [2.75, 3.05) is 11.5 Å². The fourth-order valence-electron chi connectivity index (χ4n) is 2.72. The Hall–Kier alpha value is -3.23. The zero-order chi connectivity index (χ0) is 21.1. The fraction of sp³-hybridized carbons (Fsp3) is 0.100. The number of carboxylic acid groups (broad SMARTS) is 1. The average Bonchev–Trinajstić information content (AvgIpc) is 2.65. The number of anilines is 1. The minimum atomic E-state index is -1.14. The molecule has 1 heterocycles. The first-order chi connectivity index (χ1) is 13.8. The van der Waals surface area contributed by atoms with E-state index in [0.717, 1.165) is 5.56 Å². The number of carboxylic acids is 1. The van der Waals surface area contributed by atoms with Crippen LogP contribution in [0.5, 0.6) is 5.75 Å². The molecule has 9 heteroatoms. The monoisotopic (exact) mass is 430 g/mol. The molecule has 29 heavy (non-hydrogen) atoms. The van der Waals surface area contributed by atoms with Crippen LogP contribution in [0.15, 0.2) is 48.0 Å². The van der Waals surface area contributed by atoms with Crippen molar-refractivity contribution in [3.8, 4) is 5.75 Å². The van der Waals surface area contributed by atoms with Crippen molar-refractivity contribution >= 4 is 58.5 Å². The third kappa shape index (κ3) is 4.44. The number of aryl methyl sites for hydroxylation is 1. The highest BCUT2D eigenvalue weighted by Gasteiger charge is 2.35. The summed E-state index contributed by atoms with van der Waals surface area (Å²) in [6.45, 7) is 1.30. The lowest BCUT2D eigenvalue weighted by Crippen LogP contribution is -2.54. The third-order valence-electron chi connectivity index (χ3n) is 4.08. The number of nitrogens with zero attached hydrogens (tertiary/aromatic N) is 1. The van der Waals surface area contributed by atoms with Gasteiger partial charge in [0.15, 0.2) is 11.7 Å². The molecule has 2 aromatic rings. The number of para-hydroxylation sites is 1. The van der Waals surface area contributed by atoms with Gasteiger partial charge in [-0.25, -0.2) is 4.79 Å². The van der Waals surface area contributed by atoms with Crippen LogP contribution in [0.1, 0.15) is 11.1 Å². The molecule has 0 atom stereocenters. The summed E-state index contributed by atoms with van der Waals surface area (Å²) >= 11 is 11.3. The van der Waals surface area contributed by atoms with Gasteiger partial charge in [0.1, 0.15) is 11.3 Å². The van der Waals surface area contributed by atoms with Gasteiger partial charge >= 0.3 is 5.97 Å². The van der Waals surface area contributed by atoms with Crippen LogP contribution in [-0.4, -0.2) is 34.6 Å². The minimum Gasteiger partial charge on any atom is -0.480 e. The maximum Gasteiger partial charge on any atom is 0.341 e. The summed E-state index contributed by atoms with van der Waals surface area (Å²) in [5.41, 5.74) is 1.75. The third-order valence-corrected chi connectivity index (χ3v) is 4.66. The Kier molecular flexibility index (Phi) is 5.95. The van der Waals surface area contributed by atoms with Gasteiger partial charge in [-0.1, -0.05) is 35.9 Å². The van der Waals surface area contributed by atoms with E-state index in [1.807, 2.05) is 19.1 Å². The number of hydrogen-bond donors (Lipinski definition) is 2. The number of rotatable bonds is 5. The number of hydrogen-bond acceptors (Lipinski definition) is 5. The van der Waals surface area contributed by atoms with E-state index in [9.17, 15) is 14.4 Å². The van der Waals surface area contributed by atoms with Crippen molar-refractivity contribution < 1.29 is 24.2 Å². The number of benzene rings is 2. The molecule has 2 aromatic carbocycles. The lowest BCUT2D eigenvalue weighted by Gasteiger charge is -2.30. The summed E-state index contributed by atoms with van der Waals surface area (Å²) in [6, 6.07) is 11.7. The van der Waals surface area contributed by atoms with Gasteiger partial charge in [-0.3, -0.25) is 19.8 Å². The molecular formula is C20H15ClN2O5S. The Balaban J connectivity index is 1.94. The molecule has 2 amide bonds. The highest BCUT2D eigenvalue weighted by atomic mass is 35.5. The molecule has 0 bridgehead atoms. The number of ether oxygens (including phenoxy) is 1. The molecule has 0 radical (unpaired) electrons. The van der Waals surface area contributed by atoms with E-state index in [2.05, 4.69) is 5.32 Å². The molecule has 148 valence electrons. The van der Waals surface area contributed by atoms with Gasteiger partial charge in [0.2, 0.25) is 0 Å². The lowest BCUT2D eigenvalue weighted by molar-refractivity contribution is -0.139. The second-order valence-corrected chi connectivity index (χ2v) is 6.91. The summed E-state index contributed by atoms with van der Waals surface area (Å²) in [4.78, 5) is 37.3. The number of carbonyl (C=O) groups is 3. The van der Waals surface area contributed by atoms with E-state index < -0.39 is 24.4 Å². The van der Waals surface area contributed by atoms with Gasteiger partial charge in [-0.05, 0) is 54.5 Å². The van der Waals surface area contributed by atoms with Crippen molar-refractivity contribution in [2.24, 2.45) is 0 Å². The van der Waals surface area contributed by atoms with E-state index in [0.29, 0.717) is 11.3 Å². The summed E-state index contributed by atoms with van der Waals surface area (Å²) in [6.07, 6.45) is 1.39. The second kappa shape index (κ2) is 8.42. The summed E-state index contributed by atoms with van der Waals surface area (Å²) in [5, 5.41) is 11.4. The Morgan fingerprint density at radius 2 is 2.00 bits per heavy atom. The van der Waals surface area contributed by atoms with Crippen LogP contribution in [0.3, 0.4) is 0 Å². The molecule has 3 rings (SSSR count). The second-order valence-electron chi connectivity index (χ2n) is 6.12. The van der Waals surface area contributed by atoms with E-state index in [1.165, 1.54) is 23.1 Å². The topological polar surface area (TPSA) is 95.9 Å². The van der Waals surface area contributed by atoms with Gasteiger partial charge < -0.3 is 9.84 Å². The van der Waals surface area contributed by atoms with E-state index in [1.54, 1.807) is 18.2 Å². The maximum absolute atomic E-state index is 13.0. The van der Waals surface area contributed by atoms with Crippen LogP contribution in [0.25, 0.3) is 6.08 Å². The molecule has 0 saturated carbocycles. The van der Waals surface area contributed by atoms with Crippen molar-refractivity contribution in [3.63, 3.8) is 0 Å². The Bertz CT molecular complexity index is 1070. The highest BCUT2D eigenvalue weighted by Crippen LogP contribution is 2.28. The van der Waals surface area contributed by atoms with Gasteiger partial charge in [-0.2, -0.15) is 0 Å². The zero-order valence-corrected chi connectivity index (χ0v) is 16.7. The molecule has 0 spiro atoms. The van der Waals surface area contributed by atoms with Crippen molar-refractivity contribution in [3.05, 3.63) is 64.2 Å². The van der Waals surface area contributed by atoms with Crippen LogP contribution in [0, 0.1) is 6.92 Å². The number of halogens is 1. The Labute approximate surface area is 176 Å². The van der Waals surface area contributed by atoms with Gasteiger partial charge in [0.25, 0.3) is 11.8 Å². The number of carbonyl (C=O) groups excluding carboxylic acids is 2. The lowest BCUT2D eigenvalue weighted by atomic mass is 10.1. The molecular weight excluding hydrogens is 416 g/mol. The summed E-state index contributed by atoms with van der Waals surface area (Å²) in [5.74, 6) is -2.13. The predicted molar refractivity (Wildman–Crippen MR) is 112 cm³/mol. The van der Waals surface area contributed by atoms with Crippen LogP contribution < -0.4 is 15.0 Å². The summed E-state index contributed by atoms with van der Waals surface area (Å²) in [7, 11) is 0. The maximum atomic E-state index is 13.0. The molecule has 0 unspecified atom stereocenters. The SMILES string of the molecule is Cc1ccccc1N1C(=O)/C(=C/c2ccc(OCC(=O)O)c(Cl)c2)C(=O)NC1=S. The van der Waals surface area contributed by atoms with Crippen molar-refractivity contribution in [1.29, 1.82) is 0 Å². The molecule has 0 aromatic heterocycles. The highest BCUT2D eigenvalue weighted by molar-refractivity contribution is 7.80. The van der Waals surface area contributed by atoms with Crippen LogP contribution in [-0.2, 0) is 14.4 Å². The van der Waals surface area contributed by atoms with E-state index >= 15 is 0 Å². The Morgan fingerprint density at radius 1 is 1.28 bits per heavy atom. The molecule has 0 aliphatic carbocycles. The first-order valence-electron chi connectivity index (χ1n) is 8.39. The summed E-state index contributed by atoms with van der Waals surface area (Å²) < 4.78 is 5.06. The number of nitrogens with one attached hydrogen (secondary N) is 1. The Morgan fingerprint density at radius 3 is 2.66 bits per heavy atom. The van der Waals surface area contributed by atoms with Gasteiger partial charge in [-0.15, -0.1) is 0 Å². The zero-order valence-electron chi connectivity index (χ0n) is 15.1. The van der Waals surface area contributed by atoms with Crippen LogP contribution >= 0.6 is 23.8 Å². The minimum absolute atomic E-state index is 0.00176. The predicted octanol–water partition coefficient (Wildman–Crippen LogP) is 2.94. The van der Waals surface area contributed by atoms with E-state index in [-0.39, 0.29) is 21.5 Å².